The minimum Gasteiger partial charge on any atom is -0.478 e. The zero-order valence-electron chi connectivity index (χ0n) is 10.9. The molecular formula is C14H20O4. The van der Waals surface area contributed by atoms with E-state index in [0.717, 1.165) is 25.7 Å². The summed E-state index contributed by atoms with van der Waals surface area (Å²) in [5.74, 6) is -1.34. The van der Waals surface area contributed by atoms with Crippen LogP contribution in [0.1, 0.15) is 46.0 Å². The van der Waals surface area contributed by atoms with E-state index in [1.165, 1.54) is 25.5 Å². The average molecular weight is 252 g/mol. The molecule has 1 aliphatic carbocycles. The molecule has 0 atom stereocenters. The smallest absolute Gasteiger partial charge is 0.333 e. The molecule has 1 aliphatic rings. The monoisotopic (exact) mass is 252 g/mol. The fourth-order valence-electron chi connectivity index (χ4n) is 1.82. The van der Waals surface area contributed by atoms with Gasteiger partial charge in [0.05, 0.1) is 0 Å². The first-order chi connectivity index (χ1) is 8.50. The predicted octanol–water partition coefficient (Wildman–Crippen LogP) is 2.84. The lowest BCUT2D eigenvalue weighted by atomic mass is 9.98. The molecule has 100 valence electrons. The molecule has 0 spiro atoms. The number of carbonyl (C=O) groups is 2. The van der Waals surface area contributed by atoms with Gasteiger partial charge in [-0.15, -0.1) is 0 Å². The highest BCUT2D eigenvalue weighted by Gasteiger charge is 2.18. The highest BCUT2D eigenvalue weighted by Crippen LogP contribution is 2.21. The number of hydrogen-bond donors (Lipinski definition) is 1. The van der Waals surface area contributed by atoms with Crippen molar-refractivity contribution in [2.75, 3.05) is 0 Å². The van der Waals surface area contributed by atoms with Crippen LogP contribution in [0.2, 0.25) is 0 Å². The van der Waals surface area contributed by atoms with Crippen LogP contribution in [0.5, 0.6) is 0 Å². The summed E-state index contributed by atoms with van der Waals surface area (Å²) in [6, 6.07) is 0. The topological polar surface area (TPSA) is 63.6 Å². The minimum atomic E-state index is -0.986. The summed E-state index contributed by atoms with van der Waals surface area (Å²) in [6.07, 6.45) is 8.24. The zero-order valence-corrected chi connectivity index (χ0v) is 10.9. The summed E-state index contributed by atoms with van der Waals surface area (Å²) in [6.45, 7) is 3.12. The molecule has 0 heterocycles. The van der Waals surface area contributed by atoms with Crippen LogP contribution in [-0.4, -0.2) is 23.1 Å². The number of hydrogen-bond acceptors (Lipinski definition) is 3. The van der Waals surface area contributed by atoms with Gasteiger partial charge in [0, 0.05) is 11.1 Å². The van der Waals surface area contributed by atoms with Crippen molar-refractivity contribution >= 4 is 11.9 Å². The van der Waals surface area contributed by atoms with Gasteiger partial charge in [0.1, 0.15) is 6.10 Å². The van der Waals surface area contributed by atoms with Crippen LogP contribution in [0.3, 0.4) is 0 Å². The summed E-state index contributed by atoms with van der Waals surface area (Å²) >= 11 is 0. The fraction of sp³-hybridized carbons (Fsp3) is 0.571. The first-order valence-electron chi connectivity index (χ1n) is 6.30. The van der Waals surface area contributed by atoms with Crippen LogP contribution in [0, 0.1) is 0 Å². The van der Waals surface area contributed by atoms with Crippen molar-refractivity contribution in [1.82, 2.24) is 0 Å². The van der Waals surface area contributed by atoms with E-state index < -0.39 is 5.97 Å². The van der Waals surface area contributed by atoms with Gasteiger partial charge >= 0.3 is 11.9 Å². The lowest BCUT2D eigenvalue weighted by Gasteiger charge is -2.21. The first-order valence-corrected chi connectivity index (χ1v) is 6.30. The van der Waals surface area contributed by atoms with E-state index in [0.29, 0.717) is 5.57 Å². The Morgan fingerprint density at radius 1 is 1.06 bits per heavy atom. The molecule has 0 unspecified atom stereocenters. The van der Waals surface area contributed by atoms with Crippen molar-refractivity contribution in [3.63, 3.8) is 0 Å². The van der Waals surface area contributed by atoms with Gasteiger partial charge in [0.15, 0.2) is 0 Å². The Balaban J connectivity index is 2.52. The lowest BCUT2D eigenvalue weighted by Crippen LogP contribution is -2.21. The number of carboxylic acids is 1. The van der Waals surface area contributed by atoms with Crippen molar-refractivity contribution in [2.24, 2.45) is 0 Å². The van der Waals surface area contributed by atoms with Gasteiger partial charge in [0.2, 0.25) is 0 Å². The summed E-state index contributed by atoms with van der Waals surface area (Å²) < 4.78 is 5.36. The third-order valence-corrected chi connectivity index (χ3v) is 3.07. The van der Waals surface area contributed by atoms with Gasteiger partial charge < -0.3 is 9.84 Å². The van der Waals surface area contributed by atoms with Crippen LogP contribution >= 0.6 is 0 Å². The lowest BCUT2D eigenvalue weighted by molar-refractivity contribution is -0.145. The molecule has 1 rings (SSSR count). The maximum absolute atomic E-state index is 11.7. The van der Waals surface area contributed by atoms with Crippen LogP contribution in [0.4, 0.5) is 0 Å². The molecule has 1 fully saturated rings. The minimum absolute atomic E-state index is 0.0270. The maximum atomic E-state index is 11.7. The Bertz CT molecular complexity index is 373. The molecule has 1 saturated carbocycles. The normalized spacial score (nSPS) is 18.6. The Hall–Kier alpha value is -1.58. The van der Waals surface area contributed by atoms with Crippen molar-refractivity contribution in [2.45, 2.75) is 52.1 Å². The van der Waals surface area contributed by atoms with Crippen molar-refractivity contribution in [1.29, 1.82) is 0 Å². The van der Waals surface area contributed by atoms with E-state index in [9.17, 15) is 9.59 Å². The maximum Gasteiger partial charge on any atom is 0.333 e. The number of esters is 1. The molecule has 0 amide bonds. The molecule has 0 aromatic heterocycles. The standard InChI is InChI=1S/C14H20O4/c1-10(13(15)16)8-9-11(2)14(17)18-12-6-4-3-5-7-12/h8-9,12H,3-7H2,1-2H3,(H,15,16). The number of aliphatic carboxylic acids is 1. The molecule has 4 heteroatoms. The molecule has 0 saturated heterocycles. The fourth-order valence-corrected chi connectivity index (χ4v) is 1.82. The van der Waals surface area contributed by atoms with Crippen molar-refractivity contribution < 1.29 is 19.4 Å². The molecule has 18 heavy (non-hydrogen) atoms. The van der Waals surface area contributed by atoms with Crippen LogP contribution < -0.4 is 0 Å². The number of carboxylic acid groups (broad SMARTS) is 1. The Morgan fingerprint density at radius 2 is 1.61 bits per heavy atom. The summed E-state index contributed by atoms with van der Waals surface area (Å²) in [4.78, 5) is 22.3. The molecular weight excluding hydrogens is 232 g/mol. The molecule has 0 radical (unpaired) electrons. The number of carbonyl (C=O) groups excluding carboxylic acids is 1. The average Bonchev–Trinajstić information content (AvgIpc) is 2.36. The van der Waals surface area contributed by atoms with Crippen LogP contribution in [0.15, 0.2) is 23.3 Å². The van der Waals surface area contributed by atoms with E-state index in [2.05, 4.69) is 0 Å². The zero-order chi connectivity index (χ0) is 13.5. The van der Waals surface area contributed by atoms with Gasteiger partial charge in [-0.25, -0.2) is 9.59 Å². The summed E-state index contributed by atoms with van der Waals surface area (Å²) in [7, 11) is 0. The second kappa shape index (κ2) is 6.99. The highest BCUT2D eigenvalue weighted by atomic mass is 16.5. The Kier molecular flexibility index (Phi) is 5.62. The van der Waals surface area contributed by atoms with Gasteiger partial charge in [-0.3, -0.25) is 0 Å². The van der Waals surface area contributed by atoms with Crippen LogP contribution in [0.25, 0.3) is 0 Å². The van der Waals surface area contributed by atoms with E-state index >= 15 is 0 Å². The SMILES string of the molecule is CC(=CC=C(C)C(=O)OC1CCCCC1)C(=O)O. The number of ether oxygens (including phenoxy) is 1. The van der Waals surface area contributed by atoms with Gasteiger partial charge in [-0.05, 0) is 39.5 Å². The van der Waals surface area contributed by atoms with E-state index in [1.807, 2.05) is 0 Å². The highest BCUT2D eigenvalue weighted by molar-refractivity contribution is 5.89. The van der Waals surface area contributed by atoms with Crippen molar-refractivity contribution in [3.05, 3.63) is 23.3 Å². The van der Waals surface area contributed by atoms with Crippen molar-refractivity contribution in [3.8, 4) is 0 Å². The molecule has 0 aliphatic heterocycles. The summed E-state index contributed by atoms with van der Waals surface area (Å²) in [5.41, 5.74) is 0.626. The van der Waals surface area contributed by atoms with E-state index in [4.69, 9.17) is 9.84 Å². The third-order valence-electron chi connectivity index (χ3n) is 3.07. The molecule has 1 N–H and O–H groups in total. The molecule has 4 nitrogen and oxygen atoms in total. The molecule has 0 aromatic carbocycles. The predicted molar refractivity (Wildman–Crippen MR) is 68.1 cm³/mol. The van der Waals surface area contributed by atoms with E-state index in [1.54, 1.807) is 6.92 Å². The Morgan fingerprint density at radius 3 is 2.17 bits per heavy atom. The number of allylic oxidation sites excluding steroid dienone is 2. The first kappa shape index (κ1) is 14.5. The van der Waals surface area contributed by atoms with E-state index in [-0.39, 0.29) is 17.6 Å². The third kappa shape index (κ3) is 4.73. The Labute approximate surface area is 107 Å². The molecule has 0 aromatic rings. The largest absolute Gasteiger partial charge is 0.478 e. The number of rotatable bonds is 4. The second-order valence-electron chi connectivity index (χ2n) is 4.67. The van der Waals surface area contributed by atoms with Crippen LogP contribution in [-0.2, 0) is 14.3 Å². The van der Waals surface area contributed by atoms with Gasteiger partial charge in [0.25, 0.3) is 0 Å². The van der Waals surface area contributed by atoms with Gasteiger partial charge in [-0.2, -0.15) is 0 Å². The van der Waals surface area contributed by atoms with Gasteiger partial charge in [-0.1, -0.05) is 18.6 Å². The second-order valence-corrected chi connectivity index (χ2v) is 4.67. The quantitative estimate of drug-likeness (QED) is 0.474. The summed E-state index contributed by atoms with van der Waals surface area (Å²) in [5, 5.41) is 8.68. The molecule has 0 bridgehead atoms.